The third-order valence-electron chi connectivity index (χ3n) is 3.57. The number of hydrogen-bond donors (Lipinski definition) is 0. The lowest BCUT2D eigenvalue weighted by Crippen LogP contribution is -2.05. The van der Waals surface area contributed by atoms with Crippen LogP contribution < -0.4 is 0 Å². The van der Waals surface area contributed by atoms with Crippen LogP contribution in [0.3, 0.4) is 0 Å². The van der Waals surface area contributed by atoms with Crippen LogP contribution in [-0.2, 0) is 9.47 Å². The number of rotatable bonds is 10. The van der Waals surface area contributed by atoms with E-state index >= 15 is 0 Å². The van der Waals surface area contributed by atoms with Crippen molar-refractivity contribution >= 4 is 11.9 Å². The minimum absolute atomic E-state index is 0.607. The van der Waals surface area contributed by atoms with E-state index in [0.29, 0.717) is 25.4 Å². The second-order valence-corrected chi connectivity index (χ2v) is 5.50. The van der Waals surface area contributed by atoms with E-state index in [1.54, 1.807) is 0 Å². The van der Waals surface area contributed by atoms with Crippen LogP contribution >= 0.6 is 0 Å². The molecule has 3 nitrogen and oxygen atoms in total. The van der Waals surface area contributed by atoms with Gasteiger partial charge in [0.25, 0.3) is 0 Å². The van der Waals surface area contributed by atoms with Crippen molar-refractivity contribution in [1.29, 1.82) is 0 Å². The number of carbonyl (C=O) groups is 1. The fourth-order valence-electron chi connectivity index (χ4n) is 2.50. The predicted octanol–water partition coefficient (Wildman–Crippen LogP) is 4.68. The second kappa shape index (κ2) is 10.9. The van der Waals surface area contributed by atoms with Gasteiger partial charge < -0.3 is 9.47 Å². The minimum Gasteiger partial charge on any atom is -0.379 e. The molecule has 0 radical (unpaired) electrons. The van der Waals surface area contributed by atoms with Crippen LogP contribution in [0.1, 0.15) is 50.0 Å². The van der Waals surface area contributed by atoms with E-state index < -0.39 is 0 Å². The van der Waals surface area contributed by atoms with Gasteiger partial charge in [0.05, 0.1) is 19.8 Å². The number of benzene rings is 1. The number of carbonyl (C=O) groups excluding carboxylic acids is 1. The number of allylic oxidation sites excluding steroid dienone is 3. The number of hydrogen-bond acceptors (Lipinski definition) is 3. The lowest BCUT2D eigenvalue weighted by molar-refractivity contribution is 0.0620. The maximum absolute atomic E-state index is 11.0. The molecule has 0 saturated carbocycles. The lowest BCUT2D eigenvalue weighted by Gasteiger charge is -2.10. The molecule has 23 heavy (non-hydrogen) atoms. The highest BCUT2D eigenvalue weighted by molar-refractivity contribution is 5.79. The smallest absolute Gasteiger partial charge is 0.150 e. The fraction of sp³-hybridized carbons (Fsp3) is 0.450. The molecular weight excluding hydrogens is 288 g/mol. The Morgan fingerprint density at radius 3 is 2.52 bits per heavy atom. The third-order valence-corrected chi connectivity index (χ3v) is 3.57. The van der Waals surface area contributed by atoms with Gasteiger partial charge in [-0.25, -0.2) is 0 Å². The van der Waals surface area contributed by atoms with Crippen molar-refractivity contribution in [3.63, 3.8) is 0 Å². The monoisotopic (exact) mass is 316 g/mol. The van der Waals surface area contributed by atoms with Gasteiger partial charge in [-0.3, -0.25) is 4.79 Å². The first-order valence-corrected chi connectivity index (χ1v) is 8.20. The molecule has 0 saturated heterocycles. The molecule has 0 aromatic heterocycles. The van der Waals surface area contributed by atoms with Crippen molar-refractivity contribution < 1.29 is 14.3 Å². The van der Waals surface area contributed by atoms with E-state index in [1.165, 1.54) is 16.7 Å². The summed E-state index contributed by atoms with van der Waals surface area (Å²) in [5, 5.41) is 0. The molecule has 0 bridgehead atoms. The van der Waals surface area contributed by atoms with E-state index in [4.69, 9.17) is 9.47 Å². The molecule has 1 rings (SSSR count). The van der Waals surface area contributed by atoms with Crippen LogP contribution in [0.2, 0.25) is 0 Å². The summed E-state index contributed by atoms with van der Waals surface area (Å²) in [7, 11) is 0. The Balaban J connectivity index is 2.79. The summed E-state index contributed by atoms with van der Waals surface area (Å²) in [6.07, 6.45) is 3.97. The summed E-state index contributed by atoms with van der Waals surface area (Å²) < 4.78 is 10.8. The van der Waals surface area contributed by atoms with Crippen molar-refractivity contribution in [2.24, 2.45) is 0 Å². The molecule has 3 heteroatoms. The summed E-state index contributed by atoms with van der Waals surface area (Å²) in [5.41, 5.74) is 5.46. The van der Waals surface area contributed by atoms with Crippen molar-refractivity contribution in [2.45, 2.75) is 34.1 Å². The van der Waals surface area contributed by atoms with Crippen LogP contribution in [0, 0.1) is 0 Å². The van der Waals surface area contributed by atoms with E-state index in [-0.39, 0.29) is 0 Å². The van der Waals surface area contributed by atoms with Crippen molar-refractivity contribution in [1.82, 2.24) is 0 Å². The average molecular weight is 316 g/mol. The zero-order valence-electron chi connectivity index (χ0n) is 14.7. The SMILES string of the molecule is CCOCCOC/C(C)=C/C(C)=C(\CC)c1cccc(C=O)c1. The highest BCUT2D eigenvalue weighted by atomic mass is 16.5. The molecule has 0 atom stereocenters. The summed E-state index contributed by atoms with van der Waals surface area (Å²) in [6.45, 7) is 10.9. The second-order valence-electron chi connectivity index (χ2n) is 5.50. The predicted molar refractivity (Wildman–Crippen MR) is 95.8 cm³/mol. The molecule has 0 aliphatic rings. The average Bonchev–Trinajstić information content (AvgIpc) is 2.55. The largest absolute Gasteiger partial charge is 0.379 e. The number of ether oxygens (including phenoxy) is 2. The molecule has 0 aliphatic carbocycles. The Labute approximate surface area is 140 Å². The van der Waals surface area contributed by atoms with Gasteiger partial charge >= 0.3 is 0 Å². The summed E-state index contributed by atoms with van der Waals surface area (Å²) in [6, 6.07) is 7.75. The summed E-state index contributed by atoms with van der Waals surface area (Å²) in [4.78, 5) is 11.0. The third kappa shape index (κ3) is 6.93. The van der Waals surface area contributed by atoms with Gasteiger partial charge in [-0.2, -0.15) is 0 Å². The van der Waals surface area contributed by atoms with Gasteiger partial charge in [-0.15, -0.1) is 0 Å². The quantitative estimate of drug-likeness (QED) is 0.357. The zero-order valence-corrected chi connectivity index (χ0v) is 14.7. The first-order valence-electron chi connectivity index (χ1n) is 8.20. The Morgan fingerprint density at radius 2 is 1.87 bits per heavy atom. The molecule has 126 valence electrons. The Bertz CT molecular complexity index is 556. The van der Waals surface area contributed by atoms with E-state index in [9.17, 15) is 4.79 Å². The van der Waals surface area contributed by atoms with Crippen LogP contribution in [0.5, 0.6) is 0 Å². The van der Waals surface area contributed by atoms with Gasteiger partial charge in [0, 0.05) is 12.2 Å². The Kier molecular flexibility index (Phi) is 9.18. The number of aldehydes is 1. The molecule has 0 heterocycles. The molecular formula is C20H28O3. The van der Waals surface area contributed by atoms with Gasteiger partial charge in [-0.05, 0) is 55.5 Å². The molecule has 1 aromatic carbocycles. The van der Waals surface area contributed by atoms with E-state index in [0.717, 1.165) is 24.9 Å². The zero-order chi connectivity index (χ0) is 17.1. The molecule has 0 aliphatic heterocycles. The van der Waals surface area contributed by atoms with Crippen LogP contribution in [0.4, 0.5) is 0 Å². The normalized spacial score (nSPS) is 13.0. The van der Waals surface area contributed by atoms with Crippen LogP contribution in [-0.4, -0.2) is 32.7 Å². The molecule has 0 fully saturated rings. The van der Waals surface area contributed by atoms with Gasteiger partial charge in [0.2, 0.25) is 0 Å². The highest BCUT2D eigenvalue weighted by Gasteiger charge is 2.04. The molecule has 1 aromatic rings. The van der Waals surface area contributed by atoms with Gasteiger partial charge in [-0.1, -0.05) is 31.2 Å². The first-order chi connectivity index (χ1) is 11.1. The summed E-state index contributed by atoms with van der Waals surface area (Å²) in [5.74, 6) is 0. The van der Waals surface area contributed by atoms with Gasteiger partial charge in [0.15, 0.2) is 0 Å². The van der Waals surface area contributed by atoms with Crippen molar-refractivity contribution in [2.75, 3.05) is 26.4 Å². The highest BCUT2D eigenvalue weighted by Crippen LogP contribution is 2.24. The molecule has 0 amide bonds. The van der Waals surface area contributed by atoms with Crippen molar-refractivity contribution in [3.8, 4) is 0 Å². The van der Waals surface area contributed by atoms with E-state index in [2.05, 4.69) is 32.9 Å². The van der Waals surface area contributed by atoms with Crippen molar-refractivity contribution in [3.05, 3.63) is 52.6 Å². The molecule has 0 N–H and O–H groups in total. The summed E-state index contributed by atoms with van der Waals surface area (Å²) >= 11 is 0. The fourth-order valence-corrected chi connectivity index (χ4v) is 2.50. The van der Waals surface area contributed by atoms with Crippen LogP contribution in [0.25, 0.3) is 5.57 Å². The first kappa shape index (κ1) is 19.3. The van der Waals surface area contributed by atoms with E-state index in [1.807, 2.05) is 25.1 Å². The molecule has 0 spiro atoms. The minimum atomic E-state index is 0.607. The lowest BCUT2D eigenvalue weighted by atomic mass is 9.96. The van der Waals surface area contributed by atoms with Gasteiger partial charge in [0.1, 0.15) is 6.29 Å². The topological polar surface area (TPSA) is 35.5 Å². The van der Waals surface area contributed by atoms with Crippen LogP contribution in [0.15, 0.2) is 41.5 Å². The Hall–Kier alpha value is -1.71. The molecule has 0 unspecified atom stereocenters. The standard InChI is InChI=1S/C20H28O3/c1-5-20(19-9-7-8-18(13-19)14-21)17(4)12-16(3)15-23-11-10-22-6-2/h7-9,12-14H,5-6,10-11,15H2,1-4H3/b16-12+,20-17+. The Morgan fingerprint density at radius 1 is 1.13 bits per heavy atom. The maximum Gasteiger partial charge on any atom is 0.150 e. The maximum atomic E-state index is 11.0.